The third-order valence-corrected chi connectivity index (χ3v) is 2.64. The summed E-state index contributed by atoms with van der Waals surface area (Å²) in [4.78, 5) is 19.9. The second-order valence-electron chi connectivity index (χ2n) is 4.64. The van der Waals surface area contributed by atoms with E-state index < -0.39 is 0 Å². The number of carbonyl (C=O) groups excluding carboxylic acids is 1. The minimum Gasteiger partial charge on any atom is -0.369 e. The molecule has 1 amide bonds. The molecule has 1 aromatic carbocycles. The number of benzene rings is 1. The maximum atomic E-state index is 11.5. The van der Waals surface area contributed by atoms with Crippen LogP contribution in [0.2, 0.25) is 0 Å². The molecule has 0 aliphatic heterocycles. The van der Waals surface area contributed by atoms with Gasteiger partial charge in [-0.2, -0.15) is 0 Å². The van der Waals surface area contributed by atoms with Gasteiger partial charge in [0.25, 0.3) is 0 Å². The molecule has 2 rings (SSSR count). The fourth-order valence-electron chi connectivity index (χ4n) is 1.83. The Hall–Kier alpha value is -2.17. The van der Waals surface area contributed by atoms with Crippen molar-refractivity contribution in [2.75, 3.05) is 11.9 Å². The predicted molar refractivity (Wildman–Crippen MR) is 75.9 cm³/mol. The maximum absolute atomic E-state index is 11.5. The van der Waals surface area contributed by atoms with Crippen molar-refractivity contribution in [3.63, 3.8) is 0 Å². The van der Waals surface area contributed by atoms with Crippen LogP contribution in [0.4, 0.5) is 5.82 Å². The van der Waals surface area contributed by atoms with Gasteiger partial charge in [-0.3, -0.25) is 4.79 Å². The molecule has 2 aromatic rings. The molecule has 100 valence electrons. The molecule has 0 unspecified atom stereocenters. The molecule has 1 heterocycles. The normalized spacial score (nSPS) is 10.7. The molecule has 0 aliphatic carbocycles. The number of nitrogens with zero attached hydrogens (tertiary/aromatic N) is 2. The third kappa shape index (κ3) is 3.64. The number of amides is 1. The monoisotopic (exact) mass is 258 g/mol. The first kappa shape index (κ1) is 13.3. The van der Waals surface area contributed by atoms with Crippen molar-refractivity contribution in [3.05, 3.63) is 30.6 Å². The van der Waals surface area contributed by atoms with Crippen molar-refractivity contribution in [3.8, 4) is 0 Å². The van der Waals surface area contributed by atoms with Gasteiger partial charge in [0.2, 0.25) is 5.91 Å². The van der Waals surface area contributed by atoms with Gasteiger partial charge in [-0.25, -0.2) is 9.97 Å². The largest absolute Gasteiger partial charge is 0.369 e. The van der Waals surface area contributed by atoms with E-state index >= 15 is 0 Å². The molecule has 0 aliphatic rings. The first-order valence-electron chi connectivity index (χ1n) is 6.40. The van der Waals surface area contributed by atoms with Crippen LogP contribution in [0.5, 0.6) is 0 Å². The second-order valence-corrected chi connectivity index (χ2v) is 4.64. The second kappa shape index (κ2) is 6.13. The molecule has 0 radical (unpaired) electrons. The van der Waals surface area contributed by atoms with Crippen LogP contribution in [0.1, 0.15) is 20.3 Å². The zero-order valence-corrected chi connectivity index (χ0v) is 11.2. The highest BCUT2D eigenvalue weighted by Gasteiger charge is 2.05. The molecule has 5 heteroatoms. The number of para-hydroxylation sites is 1. The fraction of sp³-hybridized carbons (Fsp3) is 0.357. The van der Waals surface area contributed by atoms with Gasteiger partial charge in [0.05, 0.1) is 5.52 Å². The molecule has 0 saturated carbocycles. The Balaban J connectivity index is 1.97. The Labute approximate surface area is 112 Å². The summed E-state index contributed by atoms with van der Waals surface area (Å²) in [6.07, 6.45) is 1.95. The van der Waals surface area contributed by atoms with Crippen molar-refractivity contribution >= 4 is 22.6 Å². The van der Waals surface area contributed by atoms with Crippen LogP contribution in [0.15, 0.2) is 30.6 Å². The van der Waals surface area contributed by atoms with Crippen LogP contribution in [-0.2, 0) is 4.79 Å². The summed E-state index contributed by atoms with van der Waals surface area (Å²) in [5, 5.41) is 7.00. The van der Waals surface area contributed by atoms with Crippen LogP contribution in [0, 0.1) is 0 Å². The van der Waals surface area contributed by atoms with Gasteiger partial charge in [-0.15, -0.1) is 0 Å². The number of aromatic nitrogens is 2. The van der Waals surface area contributed by atoms with Gasteiger partial charge in [0.15, 0.2) is 0 Å². The summed E-state index contributed by atoms with van der Waals surface area (Å²) >= 11 is 0. The molecule has 0 saturated heterocycles. The van der Waals surface area contributed by atoms with E-state index in [1.165, 1.54) is 6.33 Å². The minimum atomic E-state index is 0.0425. The quantitative estimate of drug-likeness (QED) is 0.860. The Kier molecular flexibility index (Phi) is 4.28. The standard InChI is InChI=1S/C14H18N4O/c1-10(2)18-13(19)7-8-15-14-11-5-3-4-6-12(11)16-9-17-14/h3-6,9-10H,7-8H2,1-2H3,(H,18,19)(H,15,16,17). The van der Waals surface area contributed by atoms with E-state index in [9.17, 15) is 4.79 Å². The summed E-state index contributed by atoms with van der Waals surface area (Å²) in [6, 6.07) is 7.96. The molecule has 0 spiro atoms. The lowest BCUT2D eigenvalue weighted by molar-refractivity contribution is -0.121. The third-order valence-electron chi connectivity index (χ3n) is 2.64. The Morgan fingerprint density at radius 2 is 2.05 bits per heavy atom. The van der Waals surface area contributed by atoms with Crippen LogP contribution in [-0.4, -0.2) is 28.5 Å². The Morgan fingerprint density at radius 3 is 2.84 bits per heavy atom. The first-order valence-corrected chi connectivity index (χ1v) is 6.40. The van der Waals surface area contributed by atoms with Crippen molar-refractivity contribution in [1.29, 1.82) is 0 Å². The van der Waals surface area contributed by atoms with Crippen molar-refractivity contribution in [1.82, 2.24) is 15.3 Å². The predicted octanol–water partition coefficient (Wildman–Crippen LogP) is 1.96. The lowest BCUT2D eigenvalue weighted by Gasteiger charge is -2.10. The number of hydrogen-bond acceptors (Lipinski definition) is 4. The summed E-state index contributed by atoms with van der Waals surface area (Å²) < 4.78 is 0. The summed E-state index contributed by atoms with van der Waals surface area (Å²) in [5.41, 5.74) is 0.895. The highest BCUT2D eigenvalue weighted by molar-refractivity contribution is 5.88. The molecule has 5 nitrogen and oxygen atoms in total. The zero-order chi connectivity index (χ0) is 13.7. The molecule has 0 bridgehead atoms. The fourth-order valence-corrected chi connectivity index (χ4v) is 1.83. The van der Waals surface area contributed by atoms with E-state index in [2.05, 4.69) is 20.6 Å². The van der Waals surface area contributed by atoms with Gasteiger partial charge < -0.3 is 10.6 Å². The van der Waals surface area contributed by atoms with Gasteiger partial charge in [-0.05, 0) is 26.0 Å². The zero-order valence-electron chi connectivity index (χ0n) is 11.2. The van der Waals surface area contributed by atoms with Crippen LogP contribution >= 0.6 is 0 Å². The minimum absolute atomic E-state index is 0.0425. The molecule has 0 fully saturated rings. The molecule has 0 atom stereocenters. The molecule has 2 N–H and O–H groups in total. The molecule has 19 heavy (non-hydrogen) atoms. The van der Waals surface area contributed by atoms with Gasteiger partial charge in [0, 0.05) is 24.4 Å². The van der Waals surface area contributed by atoms with Crippen LogP contribution in [0.25, 0.3) is 10.9 Å². The van der Waals surface area contributed by atoms with E-state index in [1.54, 1.807) is 0 Å². The van der Waals surface area contributed by atoms with E-state index in [0.717, 1.165) is 16.7 Å². The summed E-state index contributed by atoms with van der Waals surface area (Å²) in [6.45, 7) is 4.45. The lowest BCUT2D eigenvalue weighted by Crippen LogP contribution is -2.31. The smallest absolute Gasteiger partial charge is 0.221 e. The first-order chi connectivity index (χ1) is 9.16. The number of anilines is 1. The van der Waals surface area contributed by atoms with Crippen LogP contribution < -0.4 is 10.6 Å². The molecule has 1 aromatic heterocycles. The van der Waals surface area contributed by atoms with Crippen molar-refractivity contribution in [2.45, 2.75) is 26.3 Å². The van der Waals surface area contributed by atoms with E-state index in [-0.39, 0.29) is 11.9 Å². The maximum Gasteiger partial charge on any atom is 0.221 e. The van der Waals surface area contributed by atoms with Gasteiger partial charge >= 0.3 is 0 Å². The summed E-state index contributed by atoms with van der Waals surface area (Å²) in [5.74, 6) is 0.809. The highest BCUT2D eigenvalue weighted by Crippen LogP contribution is 2.17. The van der Waals surface area contributed by atoms with Gasteiger partial charge in [0.1, 0.15) is 12.1 Å². The number of hydrogen-bond donors (Lipinski definition) is 2. The van der Waals surface area contributed by atoms with Crippen LogP contribution in [0.3, 0.4) is 0 Å². The van der Waals surface area contributed by atoms with Crippen molar-refractivity contribution in [2.24, 2.45) is 0 Å². The summed E-state index contributed by atoms with van der Waals surface area (Å²) in [7, 11) is 0. The average Bonchev–Trinajstić information content (AvgIpc) is 2.38. The Morgan fingerprint density at radius 1 is 1.26 bits per heavy atom. The molecular weight excluding hydrogens is 240 g/mol. The number of fused-ring (bicyclic) bond motifs is 1. The number of rotatable bonds is 5. The lowest BCUT2D eigenvalue weighted by atomic mass is 10.2. The van der Waals surface area contributed by atoms with E-state index in [4.69, 9.17) is 0 Å². The SMILES string of the molecule is CC(C)NC(=O)CCNc1ncnc2ccccc12. The van der Waals surface area contributed by atoms with E-state index in [1.807, 2.05) is 38.1 Å². The number of nitrogens with one attached hydrogen (secondary N) is 2. The van der Waals surface area contributed by atoms with Gasteiger partial charge in [-0.1, -0.05) is 12.1 Å². The Bertz CT molecular complexity index is 563. The highest BCUT2D eigenvalue weighted by atomic mass is 16.1. The molecular formula is C14H18N4O. The topological polar surface area (TPSA) is 66.9 Å². The average molecular weight is 258 g/mol. The van der Waals surface area contributed by atoms with E-state index in [0.29, 0.717) is 13.0 Å². The van der Waals surface area contributed by atoms with Crippen molar-refractivity contribution < 1.29 is 4.79 Å². The number of carbonyl (C=O) groups is 1.